The van der Waals surface area contributed by atoms with E-state index in [2.05, 4.69) is 15.6 Å². The summed E-state index contributed by atoms with van der Waals surface area (Å²) in [4.78, 5) is 4.17. The molecule has 1 saturated heterocycles. The highest BCUT2D eigenvalue weighted by Crippen LogP contribution is 2.10. The highest BCUT2D eigenvalue weighted by molar-refractivity contribution is 14.0. The van der Waals surface area contributed by atoms with Crippen molar-refractivity contribution in [1.82, 2.24) is 10.6 Å². The Kier molecular flexibility index (Phi) is 10.5. The van der Waals surface area contributed by atoms with Crippen molar-refractivity contribution in [2.24, 2.45) is 4.99 Å². The van der Waals surface area contributed by atoms with Crippen molar-refractivity contribution in [2.75, 3.05) is 32.5 Å². The van der Waals surface area contributed by atoms with E-state index < -0.39 is 10.8 Å². The first-order valence-electron chi connectivity index (χ1n) is 7.73. The van der Waals surface area contributed by atoms with Crippen molar-refractivity contribution in [3.63, 3.8) is 0 Å². The third-order valence-corrected chi connectivity index (χ3v) is 4.85. The largest absolute Gasteiger partial charge is 0.376 e. The second-order valence-corrected chi connectivity index (χ2v) is 6.87. The zero-order valence-electron chi connectivity index (χ0n) is 13.5. The molecule has 0 spiro atoms. The molecule has 0 aliphatic carbocycles. The van der Waals surface area contributed by atoms with Gasteiger partial charge in [-0.1, -0.05) is 30.3 Å². The molecule has 1 aliphatic rings. The number of hydrogen-bond acceptors (Lipinski definition) is 3. The van der Waals surface area contributed by atoms with Crippen LogP contribution in [0, 0.1) is 0 Å². The van der Waals surface area contributed by atoms with E-state index in [1.54, 1.807) is 7.05 Å². The van der Waals surface area contributed by atoms with Gasteiger partial charge in [-0.05, 0) is 18.4 Å². The first kappa shape index (κ1) is 20.4. The minimum atomic E-state index is -0.865. The lowest BCUT2D eigenvalue weighted by atomic mass is 10.2. The Labute approximate surface area is 158 Å². The summed E-state index contributed by atoms with van der Waals surface area (Å²) in [6.45, 7) is 2.27. The van der Waals surface area contributed by atoms with Gasteiger partial charge in [0.05, 0.1) is 6.10 Å². The Morgan fingerprint density at radius 3 is 2.78 bits per heavy atom. The summed E-state index contributed by atoms with van der Waals surface area (Å²) in [5, 5.41) is 6.45. The van der Waals surface area contributed by atoms with Crippen LogP contribution in [0.25, 0.3) is 0 Å². The number of nitrogens with one attached hydrogen (secondary N) is 2. The van der Waals surface area contributed by atoms with E-state index in [9.17, 15) is 4.21 Å². The number of nitrogens with zero attached hydrogens (tertiary/aromatic N) is 1. The summed E-state index contributed by atoms with van der Waals surface area (Å²) in [5.74, 6) is 1.95. The van der Waals surface area contributed by atoms with Crippen molar-refractivity contribution < 1.29 is 8.95 Å². The van der Waals surface area contributed by atoms with Crippen molar-refractivity contribution in [2.45, 2.75) is 24.7 Å². The van der Waals surface area contributed by atoms with Crippen LogP contribution in [-0.4, -0.2) is 48.8 Å². The molecule has 1 fully saturated rings. The predicted molar refractivity (Wildman–Crippen MR) is 107 cm³/mol. The van der Waals surface area contributed by atoms with Crippen molar-refractivity contribution in [1.29, 1.82) is 0 Å². The van der Waals surface area contributed by atoms with E-state index >= 15 is 0 Å². The van der Waals surface area contributed by atoms with Crippen LogP contribution in [0.15, 0.2) is 35.3 Å². The standard InChI is InChI=1S/C16H25N3O2S.HI/c1-17-16(19-12-15-8-5-10-21-15)18-9-11-22(20)13-14-6-3-2-4-7-14;/h2-4,6-7,15H,5,8-13H2,1H3,(H2,17,18,19);1H. The summed E-state index contributed by atoms with van der Waals surface area (Å²) in [5.41, 5.74) is 1.11. The molecule has 7 heteroatoms. The van der Waals surface area contributed by atoms with Crippen LogP contribution in [-0.2, 0) is 21.3 Å². The zero-order chi connectivity index (χ0) is 15.6. The van der Waals surface area contributed by atoms with E-state index in [1.807, 2.05) is 30.3 Å². The Hall–Kier alpha value is -0.670. The van der Waals surface area contributed by atoms with Gasteiger partial charge in [0.15, 0.2) is 5.96 Å². The number of benzene rings is 1. The minimum Gasteiger partial charge on any atom is -0.376 e. The van der Waals surface area contributed by atoms with Gasteiger partial charge in [0.25, 0.3) is 0 Å². The van der Waals surface area contributed by atoms with Gasteiger partial charge in [0.1, 0.15) is 0 Å². The van der Waals surface area contributed by atoms with Crippen LogP contribution in [0.5, 0.6) is 0 Å². The molecule has 1 aromatic rings. The van der Waals surface area contributed by atoms with Crippen LogP contribution >= 0.6 is 24.0 Å². The summed E-state index contributed by atoms with van der Waals surface area (Å²) < 4.78 is 17.6. The van der Waals surface area contributed by atoms with E-state index in [1.165, 1.54) is 0 Å². The van der Waals surface area contributed by atoms with Crippen molar-refractivity contribution >= 4 is 40.7 Å². The van der Waals surface area contributed by atoms with Crippen molar-refractivity contribution in [3.8, 4) is 0 Å². The molecule has 0 bridgehead atoms. The minimum absolute atomic E-state index is 0. The van der Waals surface area contributed by atoms with Crippen LogP contribution in [0.4, 0.5) is 0 Å². The SMILES string of the molecule is CN=C(NCCS(=O)Cc1ccccc1)NCC1CCCO1.I. The van der Waals surface area contributed by atoms with Crippen LogP contribution in [0.3, 0.4) is 0 Å². The van der Waals surface area contributed by atoms with Crippen LogP contribution in [0.1, 0.15) is 18.4 Å². The summed E-state index contributed by atoms with van der Waals surface area (Å²) in [6.07, 6.45) is 2.52. The molecule has 2 unspecified atom stereocenters. The van der Waals surface area contributed by atoms with Gasteiger partial charge >= 0.3 is 0 Å². The molecule has 2 atom stereocenters. The second kappa shape index (κ2) is 11.8. The average Bonchev–Trinajstić information content (AvgIpc) is 3.05. The molecule has 5 nitrogen and oxygen atoms in total. The van der Waals surface area contributed by atoms with Gasteiger partial charge in [0.2, 0.25) is 0 Å². The van der Waals surface area contributed by atoms with Gasteiger partial charge in [-0.25, -0.2) is 0 Å². The molecule has 0 aromatic heterocycles. The third-order valence-electron chi connectivity index (χ3n) is 3.54. The van der Waals surface area contributed by atoms with E-state index in [4.69, 9.17) is 4.74 Å². The Morgan fingerprint density at radius 2 is 2.13 bits per heavy atom. The molecule has 1 aliphatic heterocycles. The highest BCUT2D eigenvalue weighted by atomic mass is 127. The van der Waals surface area contributed by atoms with E-state index in [-0.39, 0.29) is 30.1 Å². The summed E-state index contributed by atoms with van der Waals surface area (Å²) in [7, 11) is 0.877. The number of rotatable bonds is 7. The highest BCUT2D eigenvalue weighted by Gasteiger charge is 2.15. The van der Waals surface area contributed by atoms with Gasteiger partial charge < -0.3 is 15.4 Å². The molecule has 1 heterocycles. The predicted octanol–water partition coefficient (Wildman–Crippen LogP) is 1.90. The quantitative estimate of drug-likeness (QED) is 0.378. The van der Waals surface area contributed by atoms with Crippen LogP contribution < -0.4 is 10.6 Å². The Balaban J connectivity index is 0.00000264. The van der Waals surface area contributed by atoms with Crippen molar-refractivity contribution in [3.05, 3.63) is 35.9 Å². The Morgan fingerprint density at radius 1 is 1.35 bits per heavy atom. The average molecular weight is 451 g/mol. The molecule has 0 saturated carbocycles. The maximum absolute atomic E-state index is 12.0. The molecule has 130 valence electrons. The summed E-state index contributed by atoms with van der Waals surface area (Å²) >= 11 is 0. The lowest BCUT2D eigenvalue weighted by Crippen LogP contribution is -2.42. The number of guanidine groups is 1. The molecule has 0 radical (unpaired) electrons. The molecule has 1 aromatic carbocycles. The lowest BCUT2D eigenvalue weighted by molar-refractivity contribution is 0.114. The Bertz CT molecular complexity index is 493. The second-order valence-electron chi connectivity index (χ2n) is 5.29. The molecular weight excluding hydrogens is 425 g/mol. The fourth-order valence-corrected chi connectivity index (χ4v) is 3.39. The smallest absolute Gasteiger partial charge is 0.191 e. The van der Waals surface area contributed by atoms with E-state index in [0.717, 1.165) is 37.5 Å². The fourth-order valence-electron chi connectivity index (χ4n) is 2.35. The number of aliphatic imine (C=N–C) groups is 1. The third kappa shape index (κ3) is 8.12. The maximum atomic E-state index is 12.0. The van der Waals surface area contributed by atoms with Crippen LogP contribution in [0.2, 0.25) is 0 Å². The number of hydrogen-bond donors (Lipinski definition) is 2. The van der Waals surface area contributed by atoms with Gasteiger partial charge in [-0.15, -0.1) is 24.0 Å². The molecule has 2 N–H and O–H groups in total. The maximum Gasteiger partial charge on any atom is 0.191 e. The van der Waals surface area contributed by atoms with Gasteiger partial charge in [-0.3, -0.25) is 9.20 Å². The molecule has 2 rings (SSSR count). The van der Waals surface area contributed by atoms with Gasteiger partial charge in [0, 0.05) is 49.0 Å². The number of ether oxygens (including phenoxy) is 1. The lowest BCUT2D eigenvalue weighted by Gasteiger charge is -2.14. The number of halogens is 1. The zero-order valence-corrected chi connectivity index (χ0v) is 16.6. The molecule has 0 amide bonds. The molecular formula is C16H26IN3O2S. The first-order valence-corrected chi connectivity index (χ1v) is 9.22. The molecule has 23 heavy (non-hydrogen) atoms. The van der Waals surface area contributed by atoms with E-state index in [0.29, 0.717) is 18.1 Å². The first-order chi connectivity index (χ1) is 10.8. The normalized spacial score (nSPS) is 19.0. The fraction of sp³-hybridized carbons (Fsp3) is 0.562. The summed E-state index contributed by atoms with van der Waals surface area (Å²) in [6, 6.07) is 9.93. The van der Waals surface area contributed by atoms with Gasteiger partial charge in [-0.2, -0.15) is 0 Å². The topological polar surface area (TPSA) is 62.7 Å². The monoisotopic (exact) mass is 451 g/mol.